The van der Waals surface area contributed by atoms with Crippen LogP contribution in [0.5, 0.6) is 0 Å². The summed E-state index contributed by atoms with van der Waals surface area (Å²) in [6.07, 6.45) is 9.39. The lowest BCUT2D eigenvalue weighted by molar-refractivity contribution is 0.468. The normalized spacial score (nSPS) is 12.2. The summed E-state index contributed by atoms with van der Waals surface area (Å²) in [7, 11) is 0. The number of aryl methyl sites for hydroxylation is 1. The molecule has 0 aliphatic heterocycles. The first-order chi connectivity index (χ1) is 18.1. The van der Waals surface area contributed by atoms with E-state index in [9.17, 15) is 4.79 Å². The highest BCUT2D eigenvalue weighted by Crippen LogP contribution is 2.28. The van der Waals surface area contributed by atoms with Crippen molar-refractivity contribution in [3.63, 3.8) is 0 Å². The second-order valence-corrected chi connectivity index (χ2v) is 9.20. The van der Waals surface area contributed by atoms with Crippen LogP contribution in [0.4, 0.5) is 0 Å². The van der Waals surface area contributed by atoms with Gasteiger partial charge in [0.2, 0.25) is 0 Å². The zero-order valence-corrected chi connectivity index (χ0v) is 21.4. The van der Waals surface area contributed by atoms with Gasteiger partial charge in [-0.1, -0.05) is 50.6 Å². The third kappa shape index (κ3) is 4.87. The molecule has 0 spiro atoms. The van der Waals surface area contributed by atoms with Crippen molar-refractivity contribution in [3.8, 4) is 28.5 Å². The van der Waals surface area contributed by atoms with E-state index in [1.54, 1.807) is 10.8 Å². The van der Waals surface area contributed by atoms with Crippen molar-refractivity contribution in [1.82, 2.24) is 44.5 Å². The Morgan fingerprint density at radius 3 is 2.59 bits per heavy atom. The molecule has 10 heteroatoms. The van der Waals surface area contributed by atoms with Gasteiger partial charge in [0.05, 0.1) is 24.5 Å². The SMILES string of the molecule is CCCCc1cn(-c2ccnn2C(C)CC)c(=O)n1Cc1ccc(-c2ccccc2-c2nnn[nH]2)nc1. The molecule has 1 aromatic carbocycles. The lowest BCUT2D eigenvalue weighted by atomic mass is 10.0. The Labute approximate surface area is 215 Å². The number of pyridine rings is 1. The number of nitrogens with zero attached hydrogens (tertiary/aromatic N) is 8. The average Bonchev–Trinajstić information content (AvgIpc) is 3.69. The molecule has 0 saturated heterocycles. The Hall–Kier alpha value is -4.34. The van der Waals surface area contributed by atoms with Gasteiger partial charge in [-0.25, -0.2) is 14.6 Å². The summed E-state index contributed by atoms with van der Waals surface area (Å²) >= 11 is 0. The fourth-order valence-electron chi connectivity index (χ4n) is 4.47. The zero-order valence-electron chi connectivity index (χ0n) is 21.4. The minimum Gasteiger partial charge on any atom is -0.292 e. The van der Waals surface area contributed by atoms with Crippen molar-refractivity contribution in [2.75, 3.05) is 0 Å². The Bertz CT molecular complexity index is 1510. The molecule has 0 radical (unpaired) electrons. The van der Waals surface area contributed by atoms with Crippen LogP contribution >= 0.6 is 0 Å². The van der Waals surface area contributed by atoms with Crippen LogP contribution in [0, 0.1) is 0 Å². The molecular formula is C27H31N9O. The fourth-order valence-corrected chi connectivity index (χ4v) is 4.47. The van der Waals surface area contributed by atoms with Gasteiger partial charge in [-0.15, -0.1) is 5.10 Å². The monoisotopic (exact) mass is 497 g/mol. The maximum Gasteiger partial charge on any atom is 0.334 e. The van der Waals surface area contributed by atoms with E-state index in [2.05, 4.69) is 46.5 Å². The average molecular weight is 498 g/mol. The Balaban J connectivity index is 1.47. The molecule has 0 fully saturated rings. The Morgan fingerprint density at radius 2 is 1.89 bits per heavy atom. The van der Waals surface area contributed by atoms with Gasteiger partial charge in [0.15, 0.2) is 5.82 Å². The molecule has 0 aliphatic carbocycles. The first-order valence-corrected chi connectivity index (χ1v) is 12.7. The molecule has 0 amide bonds. The fraction of sp³-hybridized carbons (Fsp3) is 0.333. The molecule has 1 unspecified atom stereocenters. The second-order valence-electron chi connectivity index (χ2n) is 9.20. The van der Waals surface area contributed by atoms with Gasteiger partial charge in [-0.2, -0.15) is 5.10 Å². The lowest BCUT2D eigenvalue weighted by Gasteiger charge is -2.13. The van der Waals surface area contributed by atoms with E-state index in [0.717, 1.165) is 59.6 Å². The number of rotatable bonds is 10. The summed E-state index contributed by atoms with van der Waals surface area (Å²) in [5.74, 6) is 1.38. The van der Waals surface area contributed by atoms with E-state index in [1.807, 2.05) is 64.1 Å². The predicted octanol–water partition coefficient (Wildman–Crippen LogP) is 4.44. The number of H-pyrrole nitrogens is 1. The molecule has 10 nitrogen and oxygen atoms in total. The number of nitrogens with one attached hydrogen (secondary N) is 1. The maximum absolute atomic E-state index is 13.6. The van der Waals surface area contributed by atoms with Crippen LogP contribution in [0.25, 0.3) is 28.5 Å². The van der Waals surface area contributed by atoms with Gasteiger partial charge in [-0.05, 0) is 48.2 Å². The summed E-state index contributed by atoms with van der Waals surface area (Å²) in [4.78, 5) is 18.3. The highest BCUT2D eigenvalue weighted by molar-refractivity contribution is 5.78. The first-order valence-electron chi connectivity index (χ1n) is 12.7. The smallest absolute Gasteiger partial charge is 0.292 e. The number of imidazole rings is 1. The number of unbranched alkanes of at least 4 members (excludes halogenated alkanes) is 1. The van der Waals surface area contributed by atoms with E-state index in [1.165, 1.54) is 0 Å². The number of benzene rings is 1. The summed E-state index contributed by atoms with van der Waals surface area (Å²) in [5, 5.41) is 18.7. The van der Waals surface area contributed by atoms with Gasteiger partial charge in [0.25, 0.3) is 0 Å². The molecule has 37 heavy (non-hydrogen) atoms. The Kier molecular flexibility index (Phi) is 7.07. The van der Waals surface area contributed by atoms with Gasteiger partial charge in [0.1, 0.15) is 5.82 Å². The molecule has 0 aliphatic rings. The molecule has 1 N–H and O–H groups in total. The molecule has 4 heterocycles. The number of hydrogen-bond acceptors (Lipinski definition) is 6. The van der Waals surface area contributed by atoms with E-state index in [0.29, 0.717) is 12.4 Å². The van der Waals surface area contributed by atoms with E-state index < -0.39 is 0 Å². The van der Waals surface area contributed by atoms with Crippen LogP contribution in [-0.4, -0.2) is 44.5 Å². The van der Waals surface area contributed by atoms with Crippen molar-refractivity contribution >= 4 is 0 Å². The number of hydrogen-bond donors (Lipinski definition) is 1. The highest BCUT2D eigenvalue weighted by Gasteiger charge is 2.18. The third-order valence-electron chi connectivity index (χ3n) is 6.72. The minimum atomic E-state index is -0.0663. The van der Waals surface area contributed by atoms with Gasteiger partial charge < -0.3 is 0 Å². The van der Waals surface area contributed by atoms with Crippen molar-refractivity contribution in [2.45, 2.75) is 59.0 Å². The van der Waals surface area contributed by atoms with Crippen molar-refractivity contribution in [1.29, 1.82) is 0 Å². The van der Waals surface area contributed by atoms with Crippen LogP contribution < -0.4 is 5.69 Å². The molecule has 0 bridgehead atoms. The molecule has 5 aromatic rings. The summed E-state index contributed by atoms with van der Waals surface area (Å²) in [5.41, 5.74) is 4.51. The van der Waals surface area contributed by atoms with Gasteiger partial charge in [-0.3, -0.25) is 14.1 Å². The quantitative estimate of drug-likeness (QED) is 0.305. The standard InChI is InChI=1S/C27H31N9O/c1-4-6-9-21-18-35(25-14-15-29-36(25)19(3)5-2)27(37)34(21)17-20-12-13-24(28-16-20)22-10-7-8-11-23(22)26-30-32-33-31-26/h7-8,10-16,18-19H,4-6,9,17H2,1-3H3,(H,30,31,32,33). The molecular weight excluding hydrogens is 466 g/mol. The molecule has 4 aromatic heterocycles. The molecule has 0 saturated carbocycles. The van der Waals surface area contributed by atoms with Crippen molar-refractivity contribution in [2.24, 2.45) is 0 Å². The summed E-state index contributed by atoms with van der Waals surface area (Å²) in [6, 6.07) is 14.0. The predicted molar refractivity (Wildman–Crippen MR) is 141 cm³/mol. The summed E-state index contributed by atoms with van der Waals surface area (Å²) in [6.45, 7) is 6.84. The molecule has 5 rings (SSSR count). The van der Waals surface area contributed by atoms with Crippen molar-refractivity contribution < 1.29 is 0 Å². The number of tetrazole rings is 1. The van der Waals surface area contributed by atoms with Crippen LogP contribution in [0.15, 0.2) is 65.8 Å². The van der Waals surface area contributed by atoms with E-state index in [4.69, 9.17) is 4.98 Å². The van der Waals surface area contributed by atoms with Crippen LogP contribution in [0.3, 0.4) is 0 Å². The van der Waals surface area contributed by atoms with Crippen molar-refractivity contribution in [3.05, 3.63) is 82.8 Å². The highest BCUT2D eigenvalue weighted by atomic mass is 16.1. The van der Waals surface area contributed by atoms with Crippen LogP contribution in [-0.2, 0) is 13.0 Å². The zero-order chi connectivity index (χ0) is 25.8. The van der Waals surface area contributed by atoms with Gasteiger partial charge in [0, 0.05) is 35.3 Å². The van der Waals surface area contributed by atoms with Crippen LogP contribution in [0.2, 0.25) is 0 Å². The third-order valence-corrected chi connectivity index (χ3v) is 6.72. The molecule has 1 atom stereocenters. The lowest BCUT2D eigenvalue weighted by Crippen LogP contribution is -2.26. The van der Waals surface area contributed by atoms with Crippen LogP contribution in [0.1, 0.15) is 57.3 Å². The maximum atomic E-state index is 13.6. The largest absolute Gasteiger partial charge is 0.334 e. The summed E-state index contributed by atoms with van der Waals surface area (Å²) < 4.78 is 5.51. The van der Waals surface area contributed by atoms with E-state index >= 15 is 0 Å². The second kappa shape index (κ2) is 10.7. The molecule has 190 valence electrons. The number of aromatic amines is 1. The number of aromatic nitrogens is 9. The topological polar surface area (TPSA) is 112 Å². The van der Waals surface area contributed by atoms with Gasteiger partial charge >= 0.3 is 5.69 Å². The minimum absolute atomic E-state index is 0.0663. The van der Waals surface area contributed by atoms with E-state index in [-0.39, 0.29) is 11.7 Å². The Morgan fingerprint density at radius 1 is 1.05 bits per heavy atom. The first kappa shape index (κ1) is 24.4.